The molecule has 0 amide bonds. The van der Waals surface area contributed by atoms with E-state index in [4.69, 9.17) is 10.2 Å². The van der Waals surface area contributed by atoms with Gasteiger partial charge < -0.3 is 10.2 Å². The third-order valence-electron chi connectivity index (χ3n) is 2.62. The molecule has 0 saturated heterocycles. The lowest BCUT2D eigenvalue weighted by atomic mass is 10.2. The Kier molecular flexibility index (Phi) is 5.46. The first-order valence-corrected chi connectivity index (χ1v) is 7.31. The summed E-state index contributed by atoms with van der Waals surface area (Å²) in [5.74, 6) is -0.972. The minimum atomic E-state index is -3.69. The number of aliphatic hydroxyl groups is 1. The molecule has 0 saturated carbocycles. The largest absolute Gasteiger partial charge is 0.481 e. The fourth-order valence-corrected chi connectivity index (χ4v) is 2.81. The maximum atomic E-state index is 12.0. The van der Waals surface area contributed by atoms with Gasteiger partial charge >= 0.3 is 5.97 Å². The van der Waals surface area contributed by atoms with E-state index in [-0.39, 0.29) is 17.9 Å². The van der Waals surface area contributed by atoms with Gasteiger partial charge in [-0.3, -0.25) is 4.79 Å². The number of aliphatic carboxylic acids is 1. The molecule has 0 aliphatic rings. The van der Waals surface area contributed by atoms with E-state index in [2.05, 4.69) is 4.72 Å². The summed E-state index contributed by atoms with van der Waals surface area (Å²) in [6, 6.07) is 5.10. The summed E-state index contributed by atoms with van der Waals surface area (Å²) in [6.45, 7) is 1.49. The molecule has 0 aromatic heterocycles. The van der Waals surface area contributed by atoms with Crippen LogP contribution >= 0.6 is 0 Å². The van der Waals surface area contributed by atoms with Crippen LogP contribution in [0.4, 0.5) is 0 Å². The summed E-state index contributed by atoms with van der Waals surface area (Å²) in [5, 5.41) is 17.6. The summed E-state index contributed by atoms with van der Waals surface area (Å²) in [4.78, 5) is 10.6. The number of benzene rings is 1. The molecule has 0 bridgehead atoms. The van der Waals surface area contributed by atoms with Crippen molar-refractivity contribution < 1.29 is 23.4 Å². The summed E-state index contributed by atoms with van der Waals surface area (Å²) >= 11 is 0. The van der Waals surface area contributed by atoms with Crippen LogP contribution in [0.2, 0.25) is 0 Å². The second-order valence-corrected chi connectivity index (χ2v) is 5.84. The summed E-state index contributed by atoms with van der Waals surface area (Å²) in [6.07, 6.45) is 0.328. The maximum Gasteiger partial charge on any atom is 0.307 e. The number of nitrogens with one attached hydrogen (secondary N) is 1. The molecule has 0 spiro atoms. The van der Waals surface area contributed by atoms with E-state index >= 15 is 0 Å². The summed E-state index contributed by atoms with van der Waals surface area (Å²) in [5.41, 5.74) is 0.528. The monoisotopic (exact) mass is 287 g/mol. The molecule has 0 heterocycles. The van der Waals surface area contributed by atoms with Crippen molar-refractivity contribution in [1.82, 2.24) is 4.72 Å². The lowest BCUT2D eigenvalue weighted by molar-refractivity contribution is -0.136. The van der Waals surface area contributed by atoms with Gasteiger partial charge in [0.1, 0.15) is 0 Å². The molecule has 1 atom stereocenters. The van der Waals surface area contributed by atoms with Crippen LogP contribution in [0.25, 0.3) is 0 Å². The SMILES string of the molecule is CC[C@H](CO)NS(=O)(=O)c1ccc(CC(=O)O)cc1. The first-order chi connectivity index (χ1) is 8.89. The number of sulfonamides is 1. The van der Waals surface area contributed by atoms with Gasteiger partial charge in [0.15, 0.2) is 0 Å². The highest BCUT2D eigenvalue weighted by molar-refractivity contribution is 7.89. The lowest BCUT2D eigenvalue weighted by Crippen LogP contribution is -2.36. The van der Waals surface area contributed by atoms with Crippen molar-refractivity contribution in [1.29, 1.82) is 0 Å². The molecule has 1 rings (SSSR count). The molecule has 0 fully saturated rings. The fourth-order valence-electron chi connectivity index (χ4n) is 1.50. The minimum Gasteiger partial charge on any atom is -0.481 e. The van der Waals surface area contributed by atoms with E-state index < -0.39 is 22.0 Å². The predicted molar refractivity (Wildman–Crippen MR) is 69.3 cm³/mol. The van der Waals surface area contributed by atoms with Crippen LogP contribution in [0.15, 0.2) is 29.2 Å². The topological polar surface area (TPSA) is 104 Å². The van der Waals surface area contributed by atoms with Crippen molar-refractivity contribution in [3.8, 4) is 0 Å². The van der Waals surface area contributed by atoms with Crippen molar-refractivity contribution in [3.63, 3.8) is 0 Å². The Morgan fingerprint density at radius 1 is 1.32 bits per heavy atom. The molecule has 0 unspecified atom stereocenters. The molecule has 0 radical (unpaired) electrons. The molecule has 106 valence electrons. The Bertz CT molecular complexity index is 520. The van der Waals surface area contributed by atoms with Crippen LogP contribution in [-0.4, -0.2) is 37.2 Å². The lowest BCUT2D eigenvalue weighted by Gasteiger charge is -2.14. The van der Waals surface area contributed by atoms with Crippen LogP contribution in [0.5, 0.6) is 0 Å². The minimum absolute atomic E-state index is 0.0496. The van der Waals surface area contributed by atoms with Gasteiger partial charge in [0.05, 0.1) is 17.9 Å². The van der Waals surface area contributed by atoms with E-state index in [1.54, 1.807) is 6.92 Å². The molecule has 7 heteroatoms. The Hall–Kier alpha value is -1.44. The number of carbonyl (C=O) groups is 1. The van der Waals surface area contributed by atoms with Crippen LogP contribution in [-0.2, 0) is 21.2 Å². The van der Waals surface area contributed by atoms with Crippen LogP contribution in [0.3, 0.4) is 0 Å². The normalized spacial score (nSPS) is 13.2. The number of aliphatic hydroxyl groups excluding tert-OH is 1. The predicted octanol–water partition coefficient (Wildman–Crippen LogP) is 0.363. The summed E-state index contributed by atoms with van der Waals surface area (Å²) in [7, 11) is -3.69. The highest BCUT2D eigenvalue weighted by atomic mass is 32.2. The third kappa shape index (κ3) is 4.62. The highest BCUT2D eigenvalue weighted by Crippen LogP contribution is 2.12. The second kappa shape index (κ2) is 6.65. The fraction of sp³-hybridized carbons (Fsp3) is 0.417. The molecule has 0 aliphatic heterocycles. The number of hydrogen-bond donors (Lipinski definition) is 3. The average Bonchev–Trinajstić information content (AvgIpc) is 2.36. The molecule has 6 nitrogen and oxygen atoms in total. The van der Waals surface area contributed by atoms with Crippen LogP contribution < -0.4 is 4.72 Å². The molecular formula is C12H17NO5S. The zero-order valence-electron chi connectivity index (χ0n) is 10.5. The van der Waals surface area contributed by atoms with Crippen molar-refractivity contribution in [2.75, 3.05) is 6.61 Å². The average molecular weight is 287 g/mol. The Labute approximate surface area is 112 Å². The van der Waals surface area contributed by atoms with Gasteiger partial charge in [0.2, 0.25) is 10.0 Å². The Morgan fingerprint density at radius 2 is 1.89 bits per heavy atom. The quantitative estimate of drug-likeness (QED) is 0.672. The zero-order valence-corrected chi connectivity index (χ0v) is 11.4. The first-order valence-electron chi connectivity index (χ1n) is 5.83. The van der Waals surface area contributed by atoms with Crippen LogP contribution in [0, 0.1) is 0 Å². The van der Waals surface area contributed by atoms with Gasteiger partial charge in [-0.25, -0.2) is 13.1 Å². The molecule has 3 N–H and O–H groups in total. The van der Waals surface area contributed by atoms with Crippen molar-refractivity contribution >= 4 is 16.0 Å². The van der Waals surface area contributed by atoms with Crippen molar-refractivity contribution in [3.05, 3.63) is 29.8 Å². The number of hydrogen-bond acceptors (Lipinski definition) is 4. The van der Waals surface area contributed by atoms with Gasteiger partial charge in [0.25, 0.3) is 0 Å². The Morgan fingerprint density at radius 3 is 2.32 bits per heavy atom. The third-order valence-corrected chi connectivity index (χ3v) is 4.16. The molecule has 0 aliphatic carbocycles. The molecule has 1 aromatic carbocycles. The van der Waals surface area contributed by atoms with Gasteiger partial charge in [-0.2, -0.15) is 0 Å². The smallest absolute Gasteiger partial charge is 0.307 e. The second-order valence-electron chi connectivity index (χ2n) is 4.12. The van der Waals surface area contributed by atoms with E-state index in [1.165, 1.54) is 24.3 Å². The van der Waals surface area contributed by atoms with Gasteiger partial charge in [-0.05, 0) is 24.1 Å². The molecular weight excluding hydrogens is 270 g/mol. The Balaban J connectivity index is 2.87. The van der Waals surface area contributed by atoms with E-state index in [9.17, 15) is 13.2 Å². The molecule has 19 heavy (non-hydrogen) atoms. The van der Waals surface area contributed by atoms with E-state index in [1.807, 2.05) is 0 Å². The van der Waals surface area contributed by atoms with Gasteiger partial charge in [-0.15, -0.1) is 0 Å². The molecule has 1 aromatic rings. The number of carboxylic acid groups (broad SMARTS) is 1. The highest BCUT2D eigenvalue weighted by Gasteiger charge is 2.18. The van der Waals surface area contributed by atoms with E-state index in [0.717, 1.165) is 0 Å². The van der Waals surface area contributed by atoms with Crippen molar-refractivity contribution in [2.45, 2.75) is 30.7 Å². The number of rotatable bonds is 7. The van der Waals surface area contributed by atoms with Gasteiger partial charge in [0, 0.05) is 6.04 Å². The standard InChI is InChI=1S/C12H17NO5S/c1-2-10(8-14)13-19(17,18)11-5-3-9(4-6-11)7-12(15)16/h3-6,10,13-14H,2,7-8H2,1H3,(H,15,16)/t10-/m1/s1. The summed E-state index contributed by atoms with van der Waals surface area (Å²) < 4.78 is 26.3. The van der Waals surface area contributed by atoms with Crippen LogP contribution in [0.1, 0.15) is 18.9 Å². The van der Waals surface area contributed by atoms with E-state index in [0.29, 0.717) is 12.0 Å². The van der Waals surface area contributed by atoms with Crippen molar-refractivity contribution in [2.24, 2.45) is 0 Å². The first kappa shape index (κ1) is 15.6. The van der Waals surface area contributed by atoms with Gasteiger partial charge in [-0.1, -0.05) is 19.1 Å². The number of carboxylic acids is 1. The maximum absolute atomic E-state index is 12.0. The zero-order chi connectivity index (χ0) is 14.5.